The zero-order chi connectivity index (χ0) is 21.1. The van der Waals surface area contributed by atoms with Gasteiger partial charge >= 0.3 is 0 Å². The number of aromatic nitrogens is 2. The molecule has 0 saturated heterocycles. The number of amides is 1. The van der Waals surface area contributed by atoms with Gasteiger partial charge in [-0.05, 0) is 29.5 Å². The van der Waals surface area contributed by atoms with Gasteiger partial charge in [-0.1, -0.05) is 67.6 Å². The number of nitrogens with zero attached hydrogens (tertiary/aromatic N) is 2. The number of thiophene rings is 1. The maximum absolute atomic E-state index is 13.0. The molecule has 2 aromatic heterocycles. The highest BCUT2D eigenvalue weighted by molar-refractivity contribution is 7.22. The number of hydrogen-bond donors (Lipinski definition) is 1. The van der Waals surface area contributed by atoms with Crippen molar-refractivity contribution in [3.63, 3.8) is 0 Å². The Morgan fingerprint density at radius 2 is 1.77 bits per heavy atom. The Kier molecular flexibility index (Phi) is 5.77. The second-order valence-corrected chi connectivity index (χ2v) is 8.39. The van der Waals surface area contributed by atoms with Gasteiger partial charge in [-0.3, -0.25) is 14.2 Å². The van der Waals surface area contributed by atoms with Gasteiger partial charge in [0.2, 0.25) is 5.91 Å². The number of benzene rings is 2. The van der Waals surface area contributed by atoms with Crippen molar-refractivity contribution in [2.24, 2.45) is 0 Å². The first kappa shape index (κ1) is 20.0. The van der Waals surface area contributed by atoms with E-state index in [9.17, 15) is 9.59 Å². The summed E-state index contributed by atoms with van der Waals surface area (Å²) in [6.45, 7) is 4.48. The molecule has 1 atom stereocenters. The molecule has 0 aliphatic carbocycles. The van der Waals surface area contributed by atoms with Crippen LogP contribution < -0.4 is 10.9 Å². The number of carbonyl (C=O) groups excluding carboxylic acids is 1. The highest BCUT2D eigenvalue weighted by Crippen LogP contribution is 2.35. The Morgan fingerprint density at radius 3 is 2.47 bits per heavy atom. The second kappa shape index (κ2) is 8.63. The molecule has 1 N–H and O–H groups in total. The lowest BCUT2D eigenvalue weighted by Gasteiger charge is -2.13. The molecule has 0 spiro atoms. The third-order valence-electron chi connectivity index (χ3n) is 5.24. The summed E-state index contributed by atoms with van der Waals surface area (Å²) in [5.74, 6) is -0.00257. The Morgan fingerprint density at radius 1 is 1.10 bits per heavy atom. The van der Waals surface area contributed by atoms with Crippen LogP contribution in [0, 0.1) is 6.92 Å². The molecule has 0 fully saturated rings. The van der Waals surface area contributed by atoms with Gasteiger partial charge in [0, 0.05) is 11.4 Å². The number of rotatable bonds is 6. The zero-order valence-electron chi connectivity index (χ0n) is 17.0. The fraction of sp³-hybridized carbons (Fsp3) is 0.208. The Balaban J connectivity index is 1.52. The fourth-order valence-electron chi connectivity index (χ4n) is 3.51. The Hall–Kier alpha value is -3.25. The lowest BCUT2D eigenvalue weighted by Crippen LogP contribution is -2.34. The maximum Gasteiger partial charge on any atom is 0.262 e. The normalized spacial score (nSPS) is 12.1. The van der Waals surface area contributed by atoms with Crippen molar-refractivity contribution >= 4 is 27.5 Å². The standard InChI is InChI=1S/C24H23N3O2S/c1-16(18-9-5-3-6-10-18)13-25-20(28)14-27-15-26-23-21(24(27)29)17(2)22(30-23)19-11-7-4-8-12-19/h3-12,15-16H,13-14H2,1-2H3,(H,25,28)/t16-/m1/s1. The second-order valence-electron chi connectivity index (χ2n) is 7.40. The third-order valence-corrected chi connectivity index (χ3v) is 6.49. The van der Waals surface area contributed by atoms with E-state index in [0.717, 1.165) is 16.0 Å². The van der Waals surface area contributed by atoms with E-state index in [2.05, 4.69) is 17.2 Å². The number of carbonyl (C=O) groups is 1. The lowest BCUT2D eigenvalue weighted by molar-refractivity contribution is -0.121. The van der Waals surface area contributed by atoms with Crippen LogP contribution in [-0.2, 0) is 11.3 Å². The molecule has 0 aliphatic heterocycles. The minimum absolute atomic E-state index is 0.0424. The quantitative estimate of drug-likeness (QED) is 0.507. The van der Waals surface area contributed by atoms with Crippen LogP contribution in [0.3, 0.4) is 0 Å². The first-order valence-corrected chi connectivity index (χ1v) is 10.7. The molecule has 4 aromatic rings. The SMILES string of the molecule is Cc1c(-c2ccccc2)sc2ncn(CC(=O)NC[C@@H](C)c3ccccc3)c(=O)c12. The van der Waals surface area contributed by atoms with Crippen molar-refractivity contribution in [1.82, 2.24) is 14.9 Å². The average Bonchev–Trinajstić information content (AvgIpc) is 3.12. The molecule has 6 heteroatoms. The first-order valence-electron chi connectivity index (χ1n) is 9.90. The molecule has 4 rings (SSSR count). The average molecular weight is 418 g/mol. The van der Waals surface area contributed by atoms with Gasteiger partial charge in [-0.2, -0.15) is 0 Å². The summed E-state index contributed by atoms with van der Waals surface area (Å²) in [4.78, 5) is 31.7. The number of nitrogens with one attached hydrogen (secondary N) is 1. The molecule has 30 heavy (non-hydrogen) atoms. The first-order chi connectivity index (χ1) is 14.5. The fourth-order valence-corrected chi connectivity index (χ4v) is 4.66. The van der Waals surface area contributed by atoms with Gasteiger partial charge in [0.25, 0.3) is 5.56 Å². The van der Waals surface area contributed by atoms with Crippen molar-refractivity contribution in [2.75, 3.05) is 6.54 Å². The molecule has 0 aliphatic rings. The van der Waals surface area contributed by atoms with E-state index >= 15 is 0 Å². The van der Waals surface area contributed by atoms with E-state index in [1.807, 2.05) is 67.6 Å². The molecule has 152 valence electrons. The summed E-state index contributed by atoms with van der Waals surface area (Å²) in [5.41, 5.74) is 2.96. The van der Waals surface area contributed by atoms with Crippen LogP contribution in [0.15, 0.2) is 71.8 Å². The minimum atomic E-state index is -0.197. The maximum atomic E-state index is 13.0. The van der Waals surface area contributed by atoms with Gasteiger partial charge in [0.1, 0.15) is 11.4 Å². The van der Waals surface area contributed by atoms with Crippen molar-refractivity contribution in [3.05, 3.63) is 88.5 Å². The van der Waals surface area contributed by atoms with E-state index in [4.69, 9.17) is 0 Å². The minimum Gasteiger partial charge on any atom is -0.354 e. The number of fused-ring (bicyclic) bond motifs is 1. The van der Waals surface area contributed by atoms with E-state index < -0.39 is 0 Å². The molecule has 2 aromatic carbocycles. The largest absolute Gasteiger partial charge is 0.354 e. The van der Waals surface area contributed by atoms with Gasteiger partial charge in [0.15, 0.2) is 0 Å². The van der Waals surface area contributed by atoms with Crippen LogP contribution in [0.4, 0.5) is 0 Å². The summed E-state index contributed by atoms with van der Waals surface area (Å²) in [7, 11) is 0. The Labute approximate surface area is 179 Å². The molecule has 2 heterocycles. The number of aryl methyl sites for hydroxylation is 1. The van der Waals surface area contributed by atoms with Crippen LogP contribution in [0.1, 0.15) is 24.0 Å². The lowest BCUT2D eigenvalue weighted by atomic mass is 10.0. The van der Waals surface area contributed by atoms with Crippen LogP contribution >= 0.6 is 11.3 Å². The van der Waals surface area contributed by atoms with Crippen LogP contribution in [-0.4, -0.2) is 22.0 Å². The summed E-state index contributed by atoms with van der Waals surface area (Å²) < 4.78 is 1.39. The van der Waals surface area contributed by atoms with E-state index in [-0.39, 0.29) is 23.9 Å². The smallest absolute Gasteiger partial charge is 0.262 e. The number of hydrogen-bond acceptors (Lipinski definition) is 4. The van der Waals surface area contributed by atoms with Crippen LogP contribution in [0.25, 0.3) is 20.7 Å². The van der Waals surface area contributed by atoms with E-state index in [0.29, 0.717) is 16.8 Å². The van der Waals surface area contributed by atoms with Crippen molar-refractivity contribution < 1.29 is 4.79 Å². The third kappa shape index (κ3) is 4.04. The van der Waals surface area contributed by atoms with E-state index in [1.165, 1.54) is 27.8 Å². The summed E-state index contributed by atoms with van der Waals surface area (Å²) in [6, 6.07) is 20.0. The van der Waals surface area contributed by atoms with Gasteiger partial charge in [0.05, 0.1) is 11.7 Å². The van der Waals surface area contributed by atoms with Gasteiger partial charge < -0.3 is 5.32 Å². The van der Waals surface area contributed by atoms with Gasteiger partial charge in [-0.15, -0.1) is 11.3 Å². The van der Waals surface area contributed by atoms with Crippen molar-refractivity contribution in [2.45, 2.75) is 26.3 Å². The monoisotopic (exact) mass is 417 g/mol. The summed E-state index contributed by atoms with van der Waals surface area (Å²) in [5, 5.41) is 3.52. The summed E-state index contributed by atoms with van der Waals surface area (Å²) >= 11 is 1.51. The molecular weight excluding hydrogens is 394 g/mol. The molecule has 0 radical (unpaired) electrons. The predicted molar refractivity (Wildman–Crippen MR) is 122 cm³/mol. The predicted octanol–water partition coefficient (Wildman–Crippen LogP) is 4.35. The Bertz CT molecular complexity index is 1230. The molecule has 0 bridgehead atoms. The van der Waals surface area contributed by atoms with Crippen LogP contribution in [0.5, 0.6) is 0 Å². The highest BCUT2D eigenvalue weighted by Gasteiger charge is 2.17. The molecule has 5 nitrogen and oxygen atoms in total. The van der Waals surface area contributed by atoms with Crippen LogP contribution in [0.2, 0.25) is 0 Å². The van der Waals surface area contributed by atoms with Gasteiger partial charge in [-0.25, -0.2) is 4.98 Å². The molecule has 0 unspecified atom stereocenters. The van der Waals surface area contributed by atoms with Crippen molar-refractivity contribution in [1.29, 1.82) is 0 Å². The molecule has 1 amide bonds. The topological polar surface area (TPSA) is 64.0 Å². The molecular formula is C24H23N3O2S. The van der Waals surface area contributed by atoms with E-state index in [1.54, 1.807) is 0 Å². The highest BCUT2D eigenvalue weighted by atomic mass is 32.1. The van der Waals surface area contributed by atoms with Crippen molar-refractivity contribution in [3.8, 4) is 10.4 Å². The zero-order valence-corrected chi connectivity index (χ0v) is 17.8. The summed E-state index contributed by atoms with van der Waals surface area (Å²) in [6.07, 6.45) is 1.47. The molecule has 0 saturated carbocycles.